The van der Waals surface area contributed by atoms with Gasteiger partial charge in [0.15, 0.2) is 0 Å². The van der Waals surface area contributed by atoms with Gasteiger partial charge in [0.25, 0.3) is 0 Å². The lowest BCUT2D eigenvalue weighted by Gasteiger charge is -2.28. The predicted molar refractivity (Wildman–Crippen MR) is 67.5 cm³/mol. The molecule has 3 heteroatoms. The van der Waals surface area contributed by atoms with Crippen LogP contribution in [0.5, 0.6) is 0 Å². The van der Waals surface area contributed by atoms with Crippen LogP contribution in [0.25, 0.3) is 0 Å². The molecule has 1 unspecified atom stereocenters. The maximum absolute atomic E-state index is 6.01. The van der Waals surface area contributed by atoms with Gasteiger partial charge in [0, 0.05) is 11.9 Å². The van der Waals surface area contributed by atoms with Crippen molar-refractivity contribution in [3.8, 4) is 0 Å². The second kappa shape index (κ2) is 7.84. The number of hydrogen-bond donors (Lipinski definition) is 0. The Balaban J connectivity index is 2.28. The Hall–Kier alpha value is 0.600. The fourth-order valence-electron chi connectivity index (χ4n) is 2.12. The minimum absolute atomic E-state index is 0.654. The fourth-order valence-corrected chi connectivity index (χ4v) is 2.89. The normalized spacial score (nSPS) is 24.9. The van der Waals surface area contributed by atoms with Crippen LogP contribution in [0.1, 0.15) is 32.1 Å². The van der Waals surface area contributed by atoms with Crippen LogP contribution in [0.2, 0.25) is 0 Å². The molecule has 1 aliphatic rings. The Labute approximate surface area is 97.6 Å². The van der Waals surface area contributed by atoms with Crippen LogP contribution in [0, 0.1) is 0 Å². The fraction of sp³-hybridized carbons (Fsp3) is 1.00. The van der Waals surface area contributed by atoms with E-state index in [-0.39, 0.29) is 0 Å². The van der Waals surface area contributed by atoms with Crippen LogP contribution in [-0.4, -0.2) is 41.9 Å². The van der Waals surface area contributed by atoms with Gasteiger partial charge in [0.2, 0.25) is 0 Å². The molecule has 0 radical (unpaired) electrons. The van der Waals surface area contributed by atoms with Gasteiger partial charge in [-0.3, -0.25) is 4.90 Å². The SMILES string of the molecule is CSCCCN1CCCCCC1CCl. The lowest BCUT2D eigenvalue weighted by Crippen LogP contribution is -2.37. The molecule has 0 aromatic carbocycles. The van der Waals surface area contributed by atoms with Crippen LogP contribution in [0.4, 0.5) is 0 Å². The first-order valence-electron chi connectivity index (χ1n) is 5.67. The Morgan fingerprint density at radius 1 is 1.36 bits per heavy atom. The summed E-state index contributed by atoms with van der Waals surface area (Å²) in [6, 6.07) is 0.654. The minimum Gasteiger partial charge on any atom is -0.299 e. The molecule has 1 rings (SSSR count). The van der Waals surface area contributed by atoms with E-state index in [0.717, 1.165) is 5.88 Å². The summed E-state index contributed by atoms with van der Waals surface area (Å²) in [5, 5.41) is 0. The third-order valence-corrected chi connectivity index (χ3v) is 4.02. The maximum Gasteiger partial charge on any atom is 0.0379 e. The average molecular weight is 236 g/mol. The quantitative estimate of drug-likeness (QED) is 0.532. The van der Waals surface area contributed by atoms with E-state index in [1.54, 1.807) is 0 Å². The van der Waals surface area contributed by atoms with Gasteiger partial charge in [-0.2, -0.15) is 11.8 Å². The summed E-state index contributed by atoms with van der Waals surface area (Å²) in [5.41, 5.74) is 0. The smallest absolute Gasteiger partial charge is 0.0379 e. The molecule has 1 heterocycles. The van der Waals surface area contributed by atoms with E-state index in [2.05, 4.69) is 11.2 Å². The number of halogens is 1. The summed E-state index contributed by atoms with van der Waals surface area (Å²) < 4.78 is 0. The highest BCUT2D eigenvalue weighted by Crippen LogP contribution is 2.18. The van der Waals surface area contributed by atoms with Crippen molar-refractivity contribution in [1.82, 2.24) is 4.90 Å². The molecule has 0 aliphatic carbocycles. The highest BCUT2D eigenvalue weighted by molar-refractivity contribution is 7.98. The van der Waals surface area contributed by atoms with Crippen molar-refractivity contribution in [2.75, 3.05) is 31.0 Å². The molecule has 0 bridgehead atoms. The first kappa shape index (κ1) is 12.7. The van der Waals surface area contributed by atoms with Gasteiger partial charge >= 0.3 is 0 Å². The zero-order valence-corrected chi connectivity index (χ0v) is 10.7. The Bertz CT molecular complexity index is 143. The number of hydrogen-bond acceptors (Lipinski definition) is 2. The summed E-state index contributed by atoms with van der Waals surface area (Å²) >= 11 is 7.96. The molecule has 1 saturated heterocycles. The third kappa shape index (κ3) is 4.41. The molecule has 0 amide bonds. The first-order chi connectivity index (χ1) is 6.88. The van der Waals surface area contributed by atoms with E-state index in [1.165, 1.54) is 50.9 Å². The van der Waals surface area contributed by atoms with Crippen molar-refractivity contribution in [2.45, 2.75) is 38.1 Å². The van der Waals surface area contributed by atoms with Gasteiger partial charge in [-0.15, -0.1) is 11.6 Å². The summed E-state index contributed by atoms with van der Waals surface area (Å²) in [6.07, 6.45) is 8.94. The minimum atomic E-state index is 0.654. The number of alkyl halides is 1. The molecule has 0 aromatic rings. The Kier molecular flexibility index (Phi) is 7.09. The molecule has 0 N–H and O–H groups in total. The highest BCUT2D eigenvalue weighted by Gasteiger charge is 2.19. The Morgan fingerprint density at radius 3 is 2.93 bits per heavy atom. The molecule has 1 aliphatic heterocycles. The lowest BCUT2D eigenvalue weighted by molar-refractivity contribution is 0.217. The van der Waals surface area contributed by atoms with E-state index in [9.17, 15) is 0 Å². The van der Waals surface area contributed by atoms with E-state index >= 15 is 0 Å². The first-order valence-corrected chi connectivity index (χ1v) is 7.60. The topological polar surface area (TPSA) is 3.24 Å². The predicted octanol–water partition coefficient (Wildman–Crippen LogP) is 3.22. The van der Waals surface area contributed by atoms with E-state index < -0.39 is 0 Å². The lowest BCUT2D eigenvalue weighted by atomic mass is 10.1. The molecule has 0 saturated carbocycles. The highest BCUT2D eigenvalue weighted by atomic mass is 35.5. The molecule has 0 aromatic heterocycles. The van der Waals surface area contributed by atoms with Crippen molar-refractivity contribution < 1.29 is 0 Å². The standard InChI is InChI=1S/C11H22ClNS/c1-14-9-5-8-13-7-4-2-3-6-11(13)10-12/h11H,2-10H2,1H3. The van der Waals surface area contributed by atoms with Gasteiger partial charge in [-0.05, 0) is 44.4 Å². The van der Waals surface area contributed by atoms with Crippen molar-refractivity contribution in [2.24, 2.45) is 0 Å². The maximum atomic E-state index is 6.01. The molecule has 1 fully saturated rings. The number of thioether (sulfide) groups is 1. The van der Waals surface area contributed by atoms with Crippen LogP contribution >= 0.6 is 23.4 Å². The van der Waals surface area contributed by atoms with Crippen molar-refractivity contribution >= 4 is 23.4 Å². The van der Waals surface area contributed by atoms with Gasteiger partial charge in [-0.1, -0.05) is 12.8 Å². The van der Waals surface area contributed by atoms with E-state index in [0.29, 0.717) is 6.04 Å². The molecule has 1 atom stereocenters. The third-order valence-electron chi connectivity index (χ3n) is 2.97. The van der Waals surface area contributed by atoms with Gasteiger partial charge < -0.3 is 0 Å². The van der Waals surface area contributed by atoms with Crippen LogP contribution in [0.3, 0.4) is 0 Å². The molecular weight excluding hydrogens is 214 g/mol. The largest absolute Gasteiger partial charge is 0.299 e. The van der Waals surface area contributed by atoms with Crippen LogP contribution < -0.4 is 0 Å². The van der Waals surface area contributed by atoms with Crippen molar-refractivity contribution in [1.29, 1.82) is 0 Å². The summed E-state index contributed by atoms with van der Waals surface area (Å²) in [6.45, 7) is 2.52. The van der Waals surface area contributed by atoms with Gasteiger partial charge in [-0.25, -0.2) is 0 Å². The van der Waals surface area contributed by atoms with Crippen LogP contribution in [0.15, 0.2) is 0 Å². The van der Waals surface area contributed by atoms with Crippen LogP contribution in [-0.2, 0) is 0 Å². The monoisotopic (exact) mass is 235 g/mol. The van der Waals surface area contributed by atoms with E-state index in [4.69, 9.17) is 11.6 Å². The van der Waals surface area contributed by atoms with Crippen molar-refractivity contribution in [3.63, 3.8) is 0 Å². The summed E-state index contributed by atoms with van der Waals surface area (Å²) in [4.78, 5) is 2.61. The zero-order valence-electron chi connectivity index (χ0n) is 9.17. The zero-order chi connectivity index (χ0) is 10.2. The molecule has 1 nitrogen and oxygen atoms in total. The summed E-state index contributed by atoms with van der Waals surface area (Å²) in [5.74, 6) is 2.10. The van der Waals surface area contributed by atoms with E-state index in [1.807, 2.05) is 11.8 Å². The second-order valence-corrected chi connectivity index (χ2v) is 5.33. The number of rotatable bonds is 5. The number of nitrogens with zero attached hydrogens (tertiary/aromatic N) is 1. The second-order valence-electron chi connectivity index (χ2n) is 4.04. The molecular formula is C11H22ClNS. The molecule has 14 heavy (non-hydrogen) atoms. The van der Waals surface area contributed by atoms with Crippen molar-refractivity contribution in [3.05, 3.63) is 0 Å². The molecule has 0 spiro atoms. The van der Waals surface area contributed by atoms with Gasteiger partial charge in [0.05, 0.1) is 0 Å². The van der Waals surface area contributed by atoms with Gasteiger partial charge in [0.1, 0.15) is 0 Å². The average Bonchev–Trinajstić information content (AvgIpc) is 2.43. The number of likely N-dealkylation sites (tertiary alicyclic amines) is 1. The Morgan fingerprint density at radius 2 is 2.21 bits per heavy atom. The summed E-state index contributed by atoms with van der Waals surface area (Å²) in [7, 11) is 0. The molecule has 84 valence electrons.